The van der Waals surface area contributed by atoms with E-state index >= 15 is 0 Å². The fraction of sp³-hybridized carbons (Fsp3) is 0.429. The number of piperidine rings is 1. The lowest BCUT2D eigenvalue weighted by Gasteiger charge is -2.35. The molecule has 4 rings (SSSR count). The normalized spacial score (nSPS) is 18.8. The molecule has 1 aromatic carbocycles. The zero-order chi connectivity index (χ0) is 19.5. The molecule has 1 saturated heterocycles. The molecule has 0 radical (unpaired) electrons. The number of thiophene rings is 1. The number of nitrogens with one attached hydrogen (secondary N) is 2. The van der Waals surface area contributed by atoms with Gasteiger partial charge < -0.3 is 9.80 Å². The van der Waals surface area contributed by atoms with E-state index < -0.39 is 0 Å². The number of benzene rings is 1. The first-order chi connectivity index (χ1) is 13.6. The lowest BCUT2D eigenvalue weighted by molar-refractivity contribution is 0.207. The van der Waals surface area contributed by atoms with Crippen LogP contribution in [0, 0.1) is 16.7 Å². The van der Waals surface area contributed by atoms with Crippen LogP contribution in [0.4, 0.5) is 0 Å². The minimum atomic E-state index is 0.263. The van der Waals surface area contributed by atoms with Gasteiger partial charge in [0, 0.05) is 34.7 Å². The standard InChI is InChI=1S/C21H25ClN4S2/c22-17-3-1-15(2-4-17)5-9-25-10-6-16(7-11-25)20(23)26-12-14-27-18-8-13-28-19(18)21(26)24/h1-4,8,13,16,23-24H,5-7,9-12,14H2. The van der Waals surface area contributed by atoms with E-state index in [1.807, 2.05) is 28.8 Å². The highest BCUT2D eigenvalue weighted by Gasteiger charge is 2.30. The molecule has 3 heterocycles. The van der Waals surface area contributed by atoms with Crippen LogP contribution in [0.5, 0.6) is 0 Å². The highest BCUT2D eigenvalue weighted by atomic mass is 35.5. The quantitative estimate of drug-likeness (QED) is 0.524. The molecule has 0 unspecified atom stereocenters. The lowest BCUT2D eigenvalue weighted by Crippen LogP contribution is -2.45. The summed E-state index contributed by atoms with van der Waals surface area (Å²) < 4.78 is 0. The maximum atomic E-state index is 8.77. The molecule has 4 nitrogen and oxygen atoms in total. The third kappa shape index (κ3) is 4.46. The van der Waals surface area contributed by atoms with Crippen LogP contribution >= 0.6 is 34.7 Å². The van der Waals surface area contributed by atoms with Crippen LogP contribution in [0.3, 0.4) is 0 Å². The summed E-state index contributed by atoms with van der Waals surface area (Å²) in [4.78, 5) is 6.66. The topological polar surface area (TPSA) is 54.2 Å². The number of hydrogen-bond donors (Lipinski definition) is 2. The molecule has 1 fully saturated rings. The van der Waals surface area contributed by atoms with Gasteiger partial charge in [-0.2, -0.15) is 0 Å². The fourth-order valence-corrected chi connectivity index (χ4v) is 6.06. The maximum absolute atomic E-state index is 8.77. The monoisotopic (exact) mass is 432 g/mol. The number of nitrogens with zero attached hydrogens (tertiary/aromatic N) is 2. The summed E-state index contributed by atoms with van der Waals surface area (Å²) in [5, 5.41) is 20.2. The van der Waals surface area contributed by atoms with Crippen molar-refractivity contribution in [3.05, 3.63) is 51.2 Å². The van der Waals surface area contributed by atoms with Crippen LogP contribution in [0.1, 0.15) is 23.3 Å². The van der Waals surface area contributed by atoms with Gasteiger partial charge in [-0.3, -0.25) is 10.8 Å². The van der Waals surface area contributed by atoms with Crippen LogP contribution in [0.15, 0.2) is 40.6 Å². The second-order valence-corrected chi connectivity index (χ2v) is 9.83. The summed E-state index contributed by atoms with van der Waals surface area (Å²) in [5.74, 6) is 2.36. The second kappa shape index (κ2) is 8.99. The first kappa shape index (κ1) is 20.0. The molecule has 0 amide bonds. The van der Waals surface area contributed by atoms with Crippen LogP contribution in [-0.4, -0.2) is 53.4 Å². The van der Waals surface area contributed by atoms with Crippen molar-refractivity contribution in [1.29, 1.82) is 10.8 Å². The van der Waals surface area contributed by atoms with E-state index in [0.717, 1.165) is 61.1 Å². The van der Waals surface area contributed by atoms with E-state index in [-0.39, 0.29) is 5.92 Å². The van der Waals surface area contributed by atoms with Crippen LogP contribution in [0.2, 0.25) is 5.02 Å². The summed E-state index contributed by atoms with van der Waals surface area (Å²) in [7, 11) is 0. The Morgan fingerprint density at radius 1 is 1.11 bits per heavy atom. The Hall–Kier alpha value is -1.34. The molecule has 2 N–H and O–H groups in total. The van der Waals surface area contributed by atoms with Gasteiger partial charge in [0.2, 0.25) is 0 Å². The molecular weight excluding hydrogens is 408 g/mol. The Kier molecular flexibility index (Phi) is 6.41. The molecule has 7 heteroatoms. The van der Waals surface area contributed by atoms with Crippen molar-refractivity contribution in [2.24, 2.45) is 5.92 Å². The van der Waals surface area contributed by atoms with Gasteiger partial charge in [0.1, 0.15) is 11.7 Å². The van der Waals surface area contributed by atoms with E-state index in [1.54, 1.807) is 11.3 Å². The van der Waals surface area contributed by atoms with Crippen molar-refractivity contribution in [2.45, 2.75) is 24.2 Å². The van der Waals surface area contributed by atoms with E-state index in [2.05, 4.69) is 28.5 Å². The minimum Gasteiger partial charge on any atom is -0.313 e. The molecule has 0 spiro atoms. The van der Waals surface area contributed by atoms with Crippen LogP contribution in [-0.2, 0) is 6.42 Å². The Morgan fingerprint density at radius 2 is 1.86 bits per heavy atom. The second-order valence-electron chi connectivity index (χ2n) is 7.34. The van der Waals surface area contributed by atoms with Crippen molar-refractivity contribution in [1.82, 2.24) is 9.80 Å². The first-order valence-electron chi connectivity index (χ1n) is 9.74. The first-order valence-corrected chi connectivity index (χ1v) is 12.0. The van der Waals surface area contributed by atoms with Gasteiger partial charge in [0.05, 0.1) is 4.88 Å². The van der Waals surface area contributed by atoms with Gasteiger partial charge >= 0.3 is 0 Å². The number of amidine groups is 2. The predicted molar refractivity (Wildman–Crippen MR) is 121 cm³/mol. The fourth-order valence-electron chi connectivity index (χ4n) is 3.89. The van der Waals surface area contributed by atoms with E-state index in [4.69, 9.17) is 22.4 Å². The Morgan fingerprint density at radius 3 is 2.61 bits per heavy atom. The zero-order valence-electron chi connectivity index (χ0n) is 15.8. The number of fused-ring (bicyclic) bond motifs is 1. The highest BCUT2D eigenvalue weighted by Crippen LogP contribution is 2.32. The minimum absolute atomic E-state index is 0.263. The molecule has 2 aliphatic rings. The van der Waals surface area contributed by atoms with Crippen molar-refractivity contribution in [3.8, 4) is 0 Å². The largest absolute Gasteiger partial charge is 0.313 e. The number of thioether (sulfide) groups is 1. The van der Waals surface area contributed by atoms with Crippen molar-refractivity contribution >= 4 is 46.4 Å². The Labute approximate surface area is 179 Å². The molecule has 148 valence electrons. The van der Waals surface area contributed by atoms with Gasteiger partial charge in [0.15, 0.2) is 0 Å². The molecule has 2 aliphatic heterocycles. The number of rotatable bonds is 4. The van der Waals surface area contributed by atoms with Gasteiger partial charge in [0.25, 0.3) is 0 Å². The molecule has 0 saturated carbocycles. The molecule has 2 aromatic rings. The molecule has 28 heavy (non-hydrogen) atoms. The summed E-state index contributed by atoms with van der Waals surface area (Å²) in [6, 6.07) is 10.2. The van der Waals surface area contributed by atoms with Gasteiger partial charge in [-0.1, -0.05) is 23.7 Å². The third-order valence-electron chi connectivity index (χ3n) is 5.58. The lowest BCUT2D eigenvalue weighted by atomic mass is 9.94. The van der Waals surface area contributed by atoms with E-state index in [9.17, 15) is 0 Å². The molecule has 0 aliphatic carbocycles. The highest BCUT2D eigenvalue weighted by molar-refractivity contribution is 7.99. The SMILES string of the molecule is N=C1c2sccc2SCCN1C(=N)C1CCN(CCc2ccc(Cl)cc2)CC1. The number of likely N-dealkylation sites (tertiary alicyclic amines) is 1. The number of hydrogen-bond acceptors (Lipinski definition) is 5. The Bertz CT molecular complexity index is 840. The summed E-state index contributed by atoms with van der Waals surface area (Å²) in [5.41, 5.74) is 1.32. The van der Waals surface area contributed by atoms with Crippen LogP contribution < -0.4 is 0 Å². The average molecular weight is 433 g/mol. The molecule has 0 bridgehead atoms. The van der Waals surface area contributed by atoms with Crippen LogP contribution in [0.25, 0.3) is 0 Å². The molecule has 0 atom stereocenters. The molecular formula is C21H25ClN4S2. The van der Waals surface area contributed by atoms with Gasteiger partial charge in [-0.25, -0.2) is 0 Å². The summed E-state index contributed by atoms with van der Waals surface area (Å²) >= 11 is 9.39. The van der Waals surface area contributed by atoms with Crippen molar-refractivity contribution in [3.63, 3.8) is 0 Å². The zero-order valence-corrected chi connectivity index (χ0v) is 18.2. The van der Waals surface area contributed by atoms with Gasteiger partial charge in [-0.15, -0.1) is 23.1 Å². The summed E-state index contributed by atoms with van der Waals surface area (Å²) in [6.07, 6.45) is 3.05. The number of halogens is 1. The average Bonchev–Trinajstić information content (AvgIpc) is 3.13. The van der Waals surface area contributed by atoms with Crippen molar-refractivity contribution < 1.29 is 0 Å². The van der Waals surface area contributed by atoms with Crippen molar-refractivity contribution in [2.75, 3.05) is 31.9 Å². The maximum Gasteiger partial charge on any atom is 0.144 e. The third-order valence-corrected chi connectivity index (χ3v) is 7.92. The smallest absolute Gasteiger partial charge is 0.144 e. The van der Waals surface area contributed by atoms with E-state index in [1.165, 1.54) is 10.5 Å². The Balaban J connectivity index is 1.30. The summed E-state index contributed by atoms with van der Waals surface area (Å²) in [6.45, 7) is 3.87. The predicted octanol–water partition coefficient (Wildman–Crippen LogP) is 5.07. The van der Waals surface area contributed by atoms with E-state index in [0.29, 0.717) is 11.7 Å². The molecule has 1 aromatic heterocycles. The van der Waals surface area contributed by atoms with Gasteiger partial charge in [-0.05, 0) is 61.5 Å².